The van der Waals surface area contributed by atoms with Crippen LogP contribution in [0.2, 0.25) is 0 Å². The second kappa shape index (κ2) is 11.6. The monoisotopic (exact) mass is 472 g/mol. The van der Waals surface area contributed by atoms with Crippen molar-refractivity contribution in [2.45, 2.75) is 32.6 Å². The maximum Gasteiger partial charge on any atom is 0.232 e. The number of ether oxygens (including phenoxy) is 1. The van der Waals surface area contributed by atoms with E-state index in [1.54, 1.807) is 0 Å². The number of thiocarbonyl (C=S) groups is 1. The number of hydrogen-bond donors (Lipinski definition) is 2. The predicted molar refractivity (Wildman–Crippen MR) is 135 cm³/mol. The third-order valence-electron chi connectivity index (χ3n) is 6.08. The van der Waals surface area contributed by atoms with E-state index in [4.69, 9.17) is 26.9 Å². The zero-order valence-corrected chi connectivity index (χ0v) is 20.0. The summed E-state index contributed by atoms with van der Waals surface area (Å²) < 4.78 is 18.5. The molecule has 178 valence electrons. The van der Waals surface area contributed by atoms with Gasteiger partial charge in [-0.1, -0.05) is 19.1 Å². The largest absolute Gasteiger partial charge is 0.378 e. The van der Waals surface area contributed by atoms with Crippen LogP contribution in [0.3, 0.4) is 0 Å². The van der Waals surface area contributed by atoms with Gasteiger partial charge in [-0.2, -0.15) is 9.97 Å². The lowest BCUT2D eigenvalue weighted by atomic mass is 10.0. The molecule has 7 nitrogen and oxygen atoms in total. The molecule has 1 atom stereocenters. The van der Waals surface area contributed by atoms with Crippen molar-refractivity contribution >= 4 is 34.9 Å². The summed E-state index contributed by atoms with van der Waals surface area (Å²) in [5.74, 6) is 2.81. The van der Waals surface area contributed by atoms with Crippen LogP contribution in [0.15, 0.2) is 30.3 Å². The highest BCUT2D eigenvalue weighted by atomic mass is 32.1. The number of anilines is 3. The van der Waals surface area contributed by atoms with Gasteiger partial charge >= 0.3 is 0 Å². The number of aryl methyl sites for hydroxylation is 1. The molecular weight excluding hydrogens is 439 g/mol. The topological polar surface area (TPSA) is 65.6 Å². The first kappa shape index (κ1) is 23.6. The molecule has 0 amide bonds. The molecule has 2 aliphatic rings. The van der Waals surface area contributed by atoms with Crippen LogP contribution in [-0.2, 0) is 11.2 Å². The van der Waals surface area contributed by atoms with Crippen LogP contribution in [0.5, 0.6) is 0 Å². The van der Waals surface area contributed by atoms with Crippen LogP contribution in [-0.4, -0.2) is 61.0 Å². The lowest BCUT2D eigenvalue weighted by molar-refractivity contribution is 0.122. The van der Waals surface area contributed by atoms with E-state index in [-0.39, 0.29) is 5.82 Å². The van der Waals surface area contributed by atoms with Crippen LogP contribution >= 0.6 is 12.2 Å². The van der Waals surface area contributed by atoms with Crippen LogP contribution in [0.4, 0.5) is 22.0 Å². The molecule has 0 bridgehead atoms. The number of halogens is 1. The average Bonchev–Trinajstić information content (AvgIpc) is 2.83. The van der Waals surface area contributed by atoms with Crippen LogP contribution in [0.25, 0.3) is 0 Å². The quantitative estimate of drug-likeness (QED) is 0.468. The van der Waals surface area contributed by atoms with Gasteiger partial charge in [0.15, 0.2) is 5.11 Å². The van der Waals surface area contributed by atoms with E-state index < -0.39 is 0 Å². The Bertz CT molecular complexity index is 922. The number of hydrogen-bond acceptors (Lipinski definition) is 6. The van der Waals surface area contributed by atoms with E-state index in [1.807, 2.05) is 12.1 Å². The number of benzene rings is 1. The minimum absolute atomic E-state index is 0.208. The van der Waals surface area contributed by atoms with Gasteiger partial charge < -0.3 is 25.2 Å². The highest BCUT2D eigenvalue weighted by molar-refractivity contribution is 7.80. The molecule has 2 aliphatic heterocycles. The molecule has 1 aromatic heterocycles. The van der Waals surface area contributed by atoms with E-state index in [2.05, 4.69) is 33.4 Å². The first-order valence-electron chi connectivity index (χ1n) is 11.8. The number of piperidine rings is 1. The molecule has 0 unspecified atom stereocenters. The number of aromatic nitrogens is 2. The number of nitrogens with zero attached hydrogens (tertiary/aromatic N) is 4. The summed E-state index contributed by atoms with van der Waals surface area (Å²) in [6, 6.07) is 8.72. The minimum atomic E-state index is -0.208. The van der Waals surface area contributed by atoms with E-state index in [0.29, 0.717) is 36.7 Å². The molecule has 3 heterocycles. The Labute approximate surface area is 200 Å². The number of nitrogens with one attached hydrogen (secondary N) is 2. The maximum atomic E-state index is 13.0. The van der Waals surface area contributed by atoms with E-state index >= 15 is 0 Å². The summed E-state index contributed by atoms with van der Waals surface area (Å²) in [5.41, 5.74) is 1.11. The van der Waals surface area contributed by atoms with Crippen molar-refractivity contribution in [1.29, 1.82) is 0 Å². The molecule has 1 aromatic carbocycles. The molecule has 2 aromatic rings. The highest BCUT2D eigenvalue weighted by Crippen LogP contribution is 2.26. The zero-order chi connectivity index (χ0) is 23.0. The SMILES string of the molecule is C[C@@H]1CCCN(c2cc(N3CCOCC3)nc(NC(=S)NCCCc3ccc(F)cc3)n2)C1. The fourth-order valence-electron chi connectivity index (χ4n) is 4.28. The Hall–Kier alpha value is -2.52. The van der Waals surface area contributed by atoms with Gasteiger partial charge in [0.25, 0.3) is 0 Å². The standard InChI is InChI=1S/C24H33FN6OS/c1-18-4-3-11-31(17-18)22-16-21(30-12-14-32-15-13-30)27-23(28-22)29-24(33)26-10-2-5-19-6-8-20(25)9-7-19/h6-9,16,18H,2-5,10-15,17H2,1H3,(H2,26,27,28,29,33)/t18-/m1/s1. The summed E-state index contributed by atoms with van der Waals surface area (Å²) in [7, 11) is 0. The van der Waals surface area contributed by atoms with Gasteiger partial charge in [0.2, 0.25) is 5.95 Å². The third-order valence-corrected chi connectivity index (χ3v) is 6.33. The molecule has 2 N–H and O–H groups in total. The molecular formula is C24H33FN6OS. The third kappa shape index (κ3) is 6.98. The highest BCUT2D eigenvalue weighted by Gasteiger charge is 2.21. The molecule has 4 rings (SSSR count). The van der Waals surface area contributed by atoms with Crippen molar-refractivity contribution in [2.24, 2.45) is 5.92 Å². The van der Waals surface area contributed by atoms with Crippen molar-refractivity contribution in [3.8, 4) is 0 Å². The maximum absolute atomic E-state index is 13.0. The fourth-order valence-corrected chi connectivity index (χ4v) is 4.48. The molecule has 0 spiro atoms. The van der Waals surface area contributed by atoms with Gasteiger partial charge in [0, 0.05) is 38.8 Å². The van der Waals surface area contributed by atoms with Crippen LogP contribution in [0.1, 0.15) is 31.7 Å². The number of rotatable bonds is 7. The van der Waals surface area contributed by atoms with Crippen molar-refractivity contribution in [3.05, 3.63) is 41.7 Å². The van der Waals surface area contributed by atoms with E-state index in [9.17, 15) is 4.39 Å². The number of morpholine rings is 1. The van der Waals surface area contributed by atoms with Crippen LogP contribution < -0.4 is 20.4 Å². The summed E-state index contributed by atoms with van der Waals surface area (Å²) in [5, 5.41) is 6.92. The lowest BCUT2D eigenvalue weighted by Crippen LogP contribution is -2.38. The second-order valence-electron chi connectivity index (χ2n) is 8.81. The predicted octanol–water partition coefficient (Wildman–Crippen LogP) is 3.61. The Morgan fingerprint density at radius 1 is 1.12 bits per heavy atom. The van der Waals surface area contributed by atoms with Crippen molar-refractivity contribution in [2.75, 3.05) is 61.1 Å². The fraction of sp³-hybridized carbons (Fsp3) is 0.542. The van der Waals surface area contributed by atoms with Crippen molar-refractivity contribution in [3.63, 3.8) is 0 Å². The molecule has 0 saturated carbocycles. The van der Waals surface area contributed by atoms with E-state index in [0.717, 1.165) is 56.2 Å². The Kier molecular flexibility index (Phi) is 8.28. The smallest absolute Gasteiger partial charge is 0.232 e. The molecule has 2 fully saturated rings. The van der Waals surface area contributed by atoms with Gasteiger partial charge in [-0.25, -0.2) is 4.39 Å². The Balaban J connectivity index is 1.37. The van der Waals surface area contributed by atoms with Crippen LogP contribution in [0, 0.1) is 11.7 Å². The zero-order valence-electron chi connectivity index (χ0n) is 19.2. The van der Waals surface area contributed by atoms with Crippen molar-refractivity contribution < 1.29 is 9.13 Å². The van der Waals surface area contributed by atoms with Gasteiger partial charge in [-0.05, 0) is 61.5 Å². The summed E-state index contributed by atoms with van der Waals surface area (Å²) in [6.07, 6.45) is 4.18. The molecule has 9 heteroatoms. The minimum Gasteiger partial charge on any atom is -0.378 e. The van der Waals surface area contributed by atoms with E-state index in [1.165, 1.54) is 25.0 Å². The van der Waals surface area contributed by atoms with Crippen molar-refractivity contribution in [1.82, 2.24) is 15.3 Å². The summed E-state index contributed by atoms with van der Waals surface area (Å²) >= 11 is 5.50. The first-order valence-corrected chi connectivity index (χ1v) is 12.2. The lowest BCUT2D eigenvalue weighted by Gasteiger charge is -2.33. The van der Waals surface area contributed by atoms with Gasteiger partial charge in [0.05, 0.1) is 13.2 Å². The van der Waals surface area contributed by atoms with Gasteiger partial charge in [-0.3, -0.25) is 0 Å². The molecule has 2 saturated heterocycles. The molecule has 0 radical (unpaired) electrons. The molecule has 33 heavy (non-hydrogen) atoms. The second-order valence-corrected chi connectivity index (χ2v) is 9.22. The Morgan fingerprint density at radius 2 is 1.85 bits per heavy atom. The summed E-state index contributed by atoms with van der Waals surface area (Å²) in [4.78, 5) is 14.1. The Morgan fingerprint density at radius 3 is 2.58 bits per heavy atom. The first-order chi connectivity index (χ1) is 16.1. The van der Waals surface area contributed by atoms with Gasteiger partial charge in [-0.15, -0.1) is 0 Å². The average molecular weight is 473 g/mol. The molecule has 0 aliphatic carbocycles. The normalized spacial score (nSPS) is 18.8. The van der Waals surface area contributed by atoms with Gasteiger partial charge in [0.1, 0.15) is 17.5 Å². The summed E-state index contributed by atoms with van der Waals surface area (Å²) in [6.45, 7) is 8.06.